The summed E-state index contributed by atoms with van der Waals surface area (Å²) in [5, 5.41) is 2.24. The molecule has 0 saturated heterocycles. The third-order valence-electron chi connectivity index (χ3n) is 2.96. The number of nitrogens with zero attached hydrogens (tertiary/aromatic N) is 2. The van der Waals surface area contributed by atoms with Crippen LogP contribution in [0.4, 0.5) is 0 Å². The highest BCUT2D eigenvalue weighted by Crippen LogP contribution is 2.42. The molecule has 0 spiro atoms. The molecule has 0 amide bonds. The van der Waals surface area contributed by atoms with Crippen LogP contribution in [-0.2, 0) is 22.7 Å². The van der Waals surface area contributed by atoms with E-state index in [9.17, 15) is 9.59 Å². The zero-order valence-corrected chi connectivity index (χ0v) is 14.2. The molecule has 22 heavy (non-hydrogen) atoms. The highest BCUT2D eigenvalue weighted by molar-refractivity contribution is 8.35. The van der Waals surface area contributed by atoms with E-state index in [4.69, 9.17) is 9.59 Å². The molecule has 0 N–H and O–H groups in total. The van der Waals surface area contributed by atoms with Gasteiger partial charge in [-0.2, -0.15) is 9.59 Å². The number of hydrogen-bond donors (Lipinski definition) is 0. The molecule has 0 unspecified atom stereocenters. The van der Waals surface area contributed by atoms with E-state index in [0.29, 0.717) is 18.6 Å². The van der Waals surface area contributed by atoms with E-state index in [1.807, 2.05) is 26.2 Å². The second-order valence-electron chi connectivity index (χ2n) is 4.21. The minimum Gasteiger partial charge on any atom is -0.295 e. The molecular formula is C14H16N2O4S2. The van der Waals surface area contributed by atoms with Gasteiger partial charge in [0.25, 0.3) is 11.1 Å². The van der Waals surface area contributed by atoms with Crippen molar-refractivity contribution in [2.75, 3.05) is 0 Å². The molecule has 2 heterocycles. The van der Waals surface area contributed by atoms with E-state index in [1.54, 1.807) is 9.13 Å². The van der Waals surface area contributed by atoms with Crippen molar-refractivity contribution in [2.24, 2.45) is 0 Å². The van der Waals surface area contributed by atoms with Gasteiger partial charge in [-0.1, -0.05) is 30.1 Å². The van der Waals surface area contributed by atoms with Gasteiger partial charge in [0.1, 0.15) is 10.7 Å². The number of carbonyl (C=O) groups excluding carboxylic acids is 2. The standard InChI is InChI=1S/C13H16N2O2S2.CO2/c1-5-14-9(4)15(6-2)12(17)10(11(14)16)13-18-7-8(3)19-13;2-1-3/h7H,4-6H2,1-3H3;. The molecule has 1 aromatic heterocycles. The molecule has 0 radical (unpaired) electrons. The van der Waals surface area contributed by atoms with Crippen molar-refractivity contribution in [3.8, 4) is 0 Å². The second-order valence-corrected chi connectivity index (χ2v) is 6.60. The monoisotopic (exact) mass is 340 g/mol. The average Bonchev–Trinajstić information content (AvgIpc) is 2.87. The lowest BCUT2D eigenvalue weighted by molar-refractivity contribution is -0.191. The molecule has 6 nitrogen and oxygen atoms in total. The van der Waals surface area contributed by atoms with Crippen LogP contribution in [0.3, 0.4) is 0 Å². The summed E-state index contributed by atoms with van der Waals surface area (Å²) in [6, 6.07) is 0. The molecule has 0 atom stereocenters. The number of aromatic nitrogens is 2. The first-order valence-corrected chi connectivity index (χ1v) is 8.19. The minimum atomic E-state index is -0.236. The van der Waals surface area contributed by atoms with Gasteiger partial charge in [-0.15, -0.1) is 0 Å². The van der Waals surface area contributed by atoms with Crippen molar-refractivity contribution < 1.29 is 9.59 Å². The lowest BCUT2D eigenvalue weighted by Crippen LogP contribution is -2.58. The van der Waals surface area contributed by atoms with Crippen LogP contribution in [0.25, 0.3) is 10.8 Å². The summed E-state index contributed by atoms with van der Waals surface area (Å²) in [6.45, 7) is 10.6. The van der Waals surface area contributed by atoms with Gasteiger partial charge in [-0.3, -0.25) is 18.7 Å². The highest BCUT2D eigenvalue weighted by Gasteiger charge is 2.16. The summed E-state index contributed by atoms with van der Waals surface area (Å²) in [6.07, 6.45) is 0.250. The lowest BCUT2D eigenvalue weighted by atomic mass is 10.4. The Morgan fingerprint density at radius 3 is 1.91 bits per heavy atom. The maximum Gasteiger partial charge on any atom is 0.373 e. The van der Waals surface area contributed by atoms with Crippen LogP contribution in [0.1, 0.15) is 20.8 Å². The van der Waals surface area contributed by atoms with E-state index in [0.717, 1.165) is 9.14 Å². The maximum atomic E-state index is 12.4. The molecule has 2 rings (SSSR count). The Morgan fingerprint density at radius 1 is 1.14 bits per heavy atom. The van der Waals surface area contributed by atoms with Gasteiger partial charge in [-0.25, -0.2) is 0 Å². The molecular weight excluding hydrogens is 324 g/mol. The lowest BCUT2D eigenvalue weighted by Gasteiger charge is -2.10. The zero-order valence-electron chi connectivity index (χ0n) is 12.5. The predicted octanol–water partition coefficient (Wildman–Crippen LogP) is 0.284. The van der Waals surface area contributed by atoms with Gasteiger partial charge in [0.2, 0.25) is 0 Å². The first kappa shape index (κ1) is 18.3. The van der Waals surface area contributed by atoms with Crippen LogP contribution in [0.5, 0.6) is 0 Å². The molecule has 8 heteroatoms. The van der Waals surface area contributed by atoms with Gasteiger partial charge in [0, 0.05) is 13.1 Å². The van der Waals surface area contributed by atoms with E-state index in [-0.39, 0.29) is 22.5 Å². The summed E-state index contributed by atoms with van der Waals surface area (Å²) in [5.41, 5.74) is 0.00243. The molecule has 0 saturated carbocycles. The number of thioether (sulfide) groups is 2. The number of hydrogen-bond acceptors (Lipinski definition) is 6. The summed E-state index contributed by atoms with van der Waals surface area (Å²) in [5.74, 6) is 0. The number of allylic oxidation sites excluding steroid dienone is 1. The highest BCUT2D eigenvalue weighted by atomic mass is 32.2. The van der Waals surface area contributed by atoms with Gasteiger partial charge in [0.15, 0.2) is 0 Å². The molecule has 1 aliphatic heterocycles. The van der Waals surface area contributed by atoms with Crippen LogP contribution < -0.4 is 21.8 Å². The fraction of sp³-hybridized carbons (Fsp3) is 0.357. The van der Waals surface area contributed by atoms with Gasteiger partial charge in [-0.05, 0) is 31.1 Å². The second kappa shape index (κ2) is 8.03. The van der Waals surface area contributed by atoms with Gasteiger partial charge < -0.3 is 0 Å². The van der Waals surface area contributed by atoms with Crippen LogP contribution in [0.15, 0.2) is 19.9 Å². The van der Waals surface area contributed by atoms with E-state index < -0.39 is 0 Å². The van der Waals surface area contributed by atoms with Crippen molar-refractivity contribution in [3.05, 3.63) is 41.7 Å². The van der Waals surface area contributed by atoms with Crippen LogP contribution in [-0.4, -0.2) is 15.3 Å². The van der Waals surface area contributed by atoms with Gasteiger partial charge >= 0.3 is 6.15 Å². The van der Waals surface area contributed by atoms with Crippen molar-refractivity contribution in [1.82, 2.24) is 9.13 Å². The van der Waals surface area contributed by atoms with Crippen LogP contribution >= 0.6 is 23.5 Å². The Balaban J connectivity index is 0.000000745. The Morgan fingerprint density at radius 2 is 1.59 bits per heavy atom. The van der Waals surface area contributed by atoms with E-state index in [2.05, 4.69) is 6.58 Å². The fourth-order valence-corrected chi connectivity index (χ4v) is 4.21. The quantitative estimate of drug-likeness (QED) is 0.770. The van der Waals surface area contributed by atoms with Crippen molar-refractivity contribution in [2.45, 2.75) is 33.9 Å². The normalized spacial score (nSPS) is 13.2. The third-order valence-corrected chi connectivity index (χ3v) is 5.37. The summed E-state index contributed by atoms with van der Waals surface area (Å²) in [7, 11) is 0. The zero-order chi connectivity index (χ0) is 16.9. The van der Waals surface area contributed by atoms with E-state index in [1.165, 1.54) is 23.5 Å². The molecule has 0 aliphatic carbocycles. The fourth-order valence-electron chi connectivity index (χ4n) is 2.01. The Hall–Kier alpha value is -1.76. The predicted molar refractivity (Wildman–Crippen MR) is 88.4 cm³/mol. The van der Waals surface area contributed by atoms with Crippen LogP contribution in [0.2, 0.25) is 0 Å². The summed E-state index contributed by atoms with van der Waals surface area (Å²) >= 11 is 2.93. The van der Waals surface area contributed by atoms with Crippen LogP contribution in [0, 0.1) is 0 Å². The molecule has 1 aliphatic rings. The Labute approximate surface area is 135 Å². The Bertz CT molecular complexity index is 813. The largest absolute Gasteiger partial charge is 0.373 e. The van der Waals surface area contributed by atoms with E-state index >= 15 is 0 Å². The maximum absolute atomic E-state index is 12.4. The SMILES string of the molecule is C=c1n(CC)c(=O)c(=C2SC=C(C)S2)c(=O)n1CC.O=C=O. The molecule has 1 aromatic rings. The molecule has 0 bridgehead atoms. The third kappa shape index (κ3) is 3.52. The van der Waals surface area contributed by atoms with Gasteiger partial charge in [0.05, 0.1) is 4.24 Å². The summed E-state index contributed by atoms with van der Waals surface area (Å²) < 4.78 is 3.89. The average molecular weight is 340 g/mol. The number of rotatable bonds is 2. The first-order chi connectivity index (χ1) is 10.4. The Kier molecular flexibility index (Phi) is 6.67. The topological polar surface area (TPSA) is 78.1 Å². The first-order valence-electron chi connectivity index (χ1n) is 6.50. The molecule has 0 fully saturated rings. The van der Waals surface area contributed by atoms with Crippen molar-refractivity contribution in [3.63, 3.8) is 0 Å². The summed E-state index contributed by atoms with van der Waals surface area (Å²) in [4.78, 5) is 42.2. The molecule has 118 valence electrons. The van der Waals surface area contributed by atoms with Crippen molar-refractivity contribution in [1.29, 1.82) is 0 Å². The smallest absolute Gasteiger partial charge is 0.295 e. The minimum absolute atomic E-state index is 0.236. The van der Waals surface area contributed by atoms with Crippen molar-refractivity contribution >= 4 is 40.5 Å². The molecule has 0 aromatic carbocycles.